The lowest BCUT2D eigenvalue weighted by Crippen LogP contribution is -2.46. The molecular formula is C22H26N2O5. The molecule has 7 nitrogen and oxygen atoms in total. The fourth-order valence-corrected chi connectivity index (χ4v) is 3.36. The molecule has 3 rings (SSSR count). The topological polar surface area (TPSA) is 88.8 Å². The minimum absolute atomic E-state index is 0.0927. The lowest BCUT2D eigenvalue weighted by atomic mass is 9.96. The van der Waals surface area contributed by atoms with Crippen LogP contribution < -0.4 is 5.32 Å². The Morgan fingerprint density at radius 3 is 2.76 bits per heavy atom. The van der Waals surface area contributed by atoms with E-state index in [1.165, 1.54) is 11.6 Å². The van der Waals surface area contributed by atoms with E-state index in [0.717, 1.165) is 6.42 Å². The maximum Gasteiger partial charge on any atom is 0.374 e. The number of piperidine rings is 1. The monoisotopic (exact) mass is 398 g/mol. The smallest absolute Gasteiger partial charge is 0.374 e. The Morgan fingerprint density at radius 2 is 2.00 bits per heavy atom. The van der Waals surface area contributed by atoms with Crippen LogP contribution in [-0.4, -0.2) is 42.4 Å². The van der Waals surface area contributed by atoms with Gasteiger partial charge in [-0.1, -0.05) is 30.3 Å². The van der Waals surface area contributed by atoms with E-state index < -0.39 is 5.97 Å². The molecule has 0 bridgehead atoms. The van der Waals surface area contributed by atoms with Gasteiger partial charge in [0.15, 0.2) is 0 Å². The number of esters is 1. The molecule has 7 heteroatoms. The molecule has 1 aliphatic rings. The lowest BCUT2D eigenvalue weighted by Gasteiger charge is -2.32. The lowest BCUT2D eigenvalue weighted by molar-refractivity contribution is -0.138. The van der Waals surface area contributed by atoms with Crippen molar-refractivity contribution >= 4 is 17.8 Å². The number of hydrogen-bond donors (Lipinski definition) is 1. The largest absolute Gasteiger partial charge is 0.460 e. The SMILES string of the molecule is CCOC(=O)c1ccc(CNC(=O)[C@H]2CCC(=O)N(CCc3ccccc3)C2)o1. The highest BCUT2D eigenvalue weighted by atomic mass is 16.5. The molecule has 2 aromatic rings. The molecule has 0 unspecified atom stereocenters. The van der Waals surface area contributed by atoms with E-state index in [1.54, 1.807) is 17.9 Å². The zero-order valence-corrected chi connectivity index (χ0v) is 16.6. The summed E-state index contributed by atoms with van der Waals surface area (Å²) in [7, 11) is 0. The molecule has 1 saturated heterocycles. The fourth-order valence-electron chi connectivity index (χ4n) is 3.36. The van der Waals surface area contributed by atoms with Gasteiger partial charge in [-0.2, -0.15) is 0 Å². The summed E-state index contributed by atoms with van der Waals surface area (Å²) < 4.78 is 10.3. The van der Waals surface area contributed by atoms with Crippen molar-refractivity contribution in [2.24, 2.45) is 5.92 Å². The van der Waals surface area contributed by atoms with Crippen LogP contribution in [0.3, 0.4) is 0 Å². The summed E-state index contributed by atoms with van der Waals surface area (Å²) in [5.41, 5.74) is 1.17. The Morgan fingerprint density at radius 1 is 1.21 bits per heavy atom. The Bertz CT molecular complexity index is 846. The summed E-state index contributed by atoms with van der Waals surface area (Å²) in [5.74, 6) is -0.194. The molecule has 0 aliphatic carbocycles. The Kier molecular flexibility index (Phi) is 7.05. The Balaban J connectivity index is 1.49. The van der Waals surface area contributed by atoms with E-state index in [2.05, 4.69) is 5.32 Å². The van der Waals surface area contributed by atoms with Crippen molar-refractivity contribution in [1.29, 1.82) is 0 Å². The van der Waals surface area contributed by atoms with Gasteiger partial charge in [0.05, 0.1) is 19.1 Å². The Hall–Kier alpha value is -3.09. The highest BCUT2D eigenvalue weighted by molar-refractivity contribution is 5.86. The van der Waals surface area contributed by atoms with E-state index in [0.29, 0.717) is 31.7 Å². The van der Waals surface area contributed by atoms with Crippen LogP contribution in [-0.2, 0) is 27.3 Å². The second kappa shape index (κ2) is 9.91. The summed E-state index contributed by atoms with van der Waals surface area (Å²) in [6.45, 7) is 3.21. The number of hydrogen-bond acceptors (Lipinski definition) is 5. The van der Waals surface area contributed by atoms with Gasteiger partial charge in [0.1, 0.15) is 5.76 Å². The number of nitrogens with zero attached hydrogens (tertiary/aromatic N) is 1. The van der Waals surface area contributed by atoms with Crippen LogP contribution >= 0.6 is 0 Å². The van der Waals surface area contributed by atoms with Crippen LogP contribution in [0.15, 0.2) is 46.9 Å². The van der Waals surface area contributed by atoms with Crippen LogP contribution in [0, 0.1) is 5.92 Å². The molecule has 1 atom stereocenters. The highest BCUT2D eigenvalue weighted by Gasteiger charge is 2.30. The predicted molar refractivity (Wildman–Crippen MR) is 106 cm³/mol. The summed E-state index contributed by atoms with van der Waals surface area (Å²) in [4.78, 5) is 38.2. The second-order valence-electron chi connectivity index (χ2n) is 7.02. The number of carbonyl (C=O) groups is 3. The van der Waals surface area contributed by atoms with Crippen molar-refractivity contribution in [1.82, 2.24) is 10.2 Å². The number of nitrogens with one attached hydrogen (secondary N) is 1. The molecule has 1 fully saturated rings. The summed E-state index contributed by atoms with van der Waals surface area (Å²) >= 11 is 0. The van der Waals surface area contributed by atoms with Crippen LogP contribution in [0.4, 0.5) is 0 Å². The van der Waals surface area contributed by atoms with E-state index in [9.17, 15) is 14.4 Å². The van der Waals surface area contributed by atoms with Crippen molar-refractivity contribution in [3.05, 3.63) is 59.5 Å². The zero-order valence-electron chi connectivity index (χ0n) is 16.6. The van der Waals surface area contributed by atoms with Gasteiger partial charge in [0.2, 0.25) is 17.6 Å². The first-order valence-corrected chi connectivity index (χ1v) is 9.92. The van der Waals surface area contributed by atoms with Crippen molar-refractivity contribution in [2.75, 3.05) is 19.7 Å². The number of amides is 2. The number of benzene rings is 1. The second-order valence-corrected chi connectivity index (χ2v) is 7.02. The molecule has 0 saturated carbocycles. The summed E-state index contributed by atoms with van der Waals surface area (Å²) in [6.07, 6.45) is 1.68. The maximum absolute atomic E-state index is 12.6. The van der Waals surface area contributed by atoms with Crippen molar-refractivity contribution in [2.45, 2.75) is 32.7 Å². The van der Waals surface area contributed by atoms with E-state index in [1.807, 2.05) is 30.3 Å². The molecule has 1 aliphatic heterocycles. The van der Waals surface area contributed by atoms with E-state index in [4.69, 9.17) is 9.15 Å². The van der Waals surface area contributed by atoms with Crippen LogP contribution in [0.25, 0.3) is 0 Å². The number of ether oxygens (including phenoxy) is 1. The van der Waals surface area contributed by atoms with Crippen LogP contribution in [0.2, 0.25) is 0 Å². The maximum atomic E-state index is 12.6. The molecule has 1 aromatic carbocycles. The third-order valence-corrected chi connectivity index (χ3v) is 4.96. The average molecular weight is 398 g/mol. The molecular weight excluding hydrogens is 372 g/mol. The number of carbonyl (C=O) groups excluding carboxylic acids is 3. The Labute approximate surface area is 170 Å². The first kappa shape index (κ1) is 20.6. The predicted octanol–water partition coefficient (Wildman–Crippen LogP) is 2.55. The van der Waals surface area contributed by atoms with Crippen molar-refractivity contribution < 1.29 is 23.5 Å². The van der Waals surface area contributed by atoms with Gasteiger partial charge in [0.25, 0.3) is 0 Å². The summed E-state index contributed by atoms with van der Waals surface area (Å²) in [6, 6.07) is 13.2. The van der Waals surface area contributed by atoms with Gasteiger partial charge in [-0.3, -0.25) is 9.59 Å². The molecule has 1 aromatic heterocycles. The number of furan rings is 1. The number of likely N-dealkylation sites (tertiary alicyclic amines) is 1. The number of rotatable bonds is 8. The third kappa shape index (κ3) is 5.70. The van der Waals surface area contributed by atoms with Crippen LogP contribution in [0.1, 0.15) is 41.6 Å². The fraction of sp³-hybridized carbons (Fsp3) is 0.409. The standard InChI is InChI=1S/C22H26N2O5/c1-2-28-22(27)19-10-9-18(29-19)14-23-21(26)17-8-11-20(25)24(15-17)13-12-16-6-4-3-5-7-16/h3-7,9-10,17H,2,8,11-15H2,1H3,(H,23,26)/t17-/m0/s1. The summed E-state index contributed by atoms with van der Waals surface area (Å²) in [5, 5.41) is 2.84. The quantitative estimate of drug-likeness (QED) is 0.691. The minimum atomic E-state index is -0.523. The molecule has 0 radical (unpaired) electrons. The minimum Gasteiger partial charge on any atom is -0.460 e. The molecule has 29 heavy (non-hydrogen) atoms. The van der Waals surface area contributed by atoms with Crippen molar-refractivity contribution in [3.8, 4) is 0 Å². The molecule has 154 valence electrons. The zero-order chi connectivity index (χ0) is 20.6. The third-order valence-electron chi connectivity index (χ3n) is 4.96. The molecule has 0 spiro atoms. The van der Waals surface area contributed by atoms with Gasteiger partial charge in [-0.05, 0) is 37.5 Å². The van der Waals surface area contributed by atoms with Gasteiger partial charge < -0.3 is 19.4 Å². The van der Waals surface area contributed by atoms with Crippen LogP contribution in [0.5, 0.6) is 0 Å². The van der Waals surface area contributed by atoms with Gasteiger partial charge in [-0.25, -0.2) is 4.79 Å². The molecule has 2 heterocycles. The van der Waals surface area contributed by atoms with E-state index in [-0.39, 0.29) is 36.6 Å². The van der Waals surface area contributed by atoms with E-state index >= 15 is 0 Å². The van der Waals surface area contributed by atoms with Gasteiger partial charge in [-0.15, -0.1) is 0 Å². The first-order valence-electron chi connectivity index (χ1n) is 9.92. The normalized spacial score (nSPS) is 16.5. The molecule has 2 amide bonds. The first-order chi connectivity index (χ1) is 14.1. The van der Waals surface area contributed by atoms with Gasteiger partial charge in [0, 0.05) is 19.5 Å². The highest BCUT2D eigenvalue weighted by Crippen LogP contribution is 2.19. The average Bonchev–Trinajstić information content (AvgIpc) is 3.21. The molecule has 1 N–H and O–H groups in total. The van der Waals surface area contributed by atoms with Crippen molar-refractivity contribution in [3.63, 3.8) is 0 Å². The van der Waals surface area contributed by atoms with Gasteiger partial charge >= 0.3 is 5.97 Å².